The molecule has 2 rings (SSSR count). The minimum absolute atomic E-state index is 0.138. The summed E-state index contributed by atoms with van der Waals surface area (Å²) in [5, 5.41) is 10.7. The van der Waals surface area contributed by atoms with Gasteiger partial charge in [0.1, 0.15) is 0 Å². The molecule has 0 fully saturated rings. The zero-order chi connectivity index (χ0) is 11.9. The van der Waals surface area contributed by atoms with E-state index in [1.165, 1.54) is 9.09 Å². The van der Waals surface area contributed by atoms with Gasteiger partial charge >= 0.3 is 0 Å². The first-order valence-electron chi connectivity index (χ1n) is 5.23. The molecule has 0 saturated heterocycles. The molecule has 0 aliphatic rings. The van der Waals surface area contributed by atoms with E-state index in [1.54, 1.807) is 22.7 Å². The van der Waals surface area contributed by atoms with Crippen molar-refractivity contribution >= 4 is 34.4 Å². The van der Waals surface area contributed by atoms with Crippen LogP contribution in [0.25, 0.3) is 0 Å². The number of rotatable bonds is 4. The van der Waals surface area contributed by atoms with Crippen molar-refractivity contribution in [3.63, 3.8) is 0 Å². The summed E-state index contributed by atoms with van der Waals surface area (Å²) in [5.41, 5.74) is 0. The third-order valence-corrected chi connectivity index (χ3v) is 5.32. The number of hydrogen-bond donors (Lipinski definition) is 1. The van der Waals surface area contributed by atoms with E-state index in [0.717, 1.165) is 10.6 Å². The van der Waals surface area contributed by atoms with E-state index in [9.17, 15) is 0 Å². The van der Waals surface area contributed by atoms with Crippen LogP contribution >= 0.6 is 34.4 Å². The minimum Gasteiger partial charge on any atom is -0.395 e. The molecular formula is C13H12OS3. The first kappa shape index (κ1) is 12.7. The van der Waals surface area contributed by atoms with Crippen molar-refractivity contribution in [3.05, 3.63) is 39.4 Å². The summed E-state index contributed by atoms with van der Waals surface area (Å²) in [4.78, 5) is 2.43. The van der Waals surface area contributed by atoms with Gasteiger partial charge in [-0.1, -0.05) is 17.9 Å². The number of thioether (sulfide) groups is 1. The molecule has 0 unspecified atom stereocenters. The van der Waals surface area contributed by atoms with E-state index in [2.05, 4.69) is 41.5 Å². The van der Waals surface area contributed by atoms with E-state index < -0.39 is 0 Å². The lowest BCUT2D eigenvalue weighted by molar-refractivity contribution is 0.305. The standard InChI is InChI=1S/C13H12OS3/c14-8-2-1-4-11-6-7-12(17-11)10-16-13-5-3-9-15-13/h3,5-7,9,14H,2,8,10H2. The molecule has 0 radical (unpaired) electrons. The molecule has 0 aromatic carbocycles. The molecule has 0 amide bonds. The number of aliphatic hydroxyl groups excluding tert-OH is 1. The molecule has 0 atom stereocenters. The highest BCUT2D eigenvalue weighted by molar-refractivity contribution is 8.00. The van der Waals surface area contributed by atoms with Crippen LogP contribution in [0.1, 0.15) is 16.2 Å². The fourth-order valence-electron chi connectivity index (χ4n) is 1.22. The summed E-state index contributed by atoms with van der Waals surface area (Å²) in [5.74, 6) is 7.01. The largest absolute Gasteiger partial charge is 0.395 e. The Kier molecular flexibility index (Phi) is 5.14. The SMILES string of the molecule is OCCC#Cc1ccc(CSc2cccs2)s1. The molecule has 2 aromatic heterocycles. The van der Waals surface area contributed by atoms with Crippen LogP contribution in [0.2, 0.25) is 0 Å². The Labute approximate surface area is 114 Å². The van der Waals surface area contributed by atoms with Crippen molar-refractivity contribution in [1.29, 1.82) is 0 Å². The van der Waals surface area contributed by atoms with Crippen molar-refractivity contribution in [2.75, 3.05) is 6.61 Å². The molecule has 88 valence electrons. The van der Waals surface area contributed by atoms with Gasteiger partial charge in [-0.2, -0.15) is 0 Å². The third-order valence-electron chi connectivity index (χ3n) is 1.96. The van der Waals surface area contributed by atoms with Gasteiger partial charge in [0.2, 0.25) is 0 Å². The molecule has 0 aliphatic heterocycles. The lowest BCUT2D eigenvalue weighted by atomic mass is 10.4. The Morgan fingerprint density at radius 3 is 3.00 bits per heavy atom. The second kappa shape index (κ2) is 6.87. The Morgan fingerprint density at radius 1 is 1.29 bits per heavy atom. The molecule has 1 N–H and O–H groups in total. The maximum atomic E-state index is 8.64. The van der Waals surface area contributed by atoms with Gasteiger partial charge in [-0.25, -0.2) is 0 Å². The first-order chi connectivity index (χ1) is 8.38. The van der Waals surface area contributed by atoms with Gasteiger partial charge in [-0.15, -0.1) is 34.4 Å². The van der Waals surface area contributed by atoms with Gasteiger partial charge in [0.15, 0.2) is 0 Å². The molecule has 2 aromatic rings. The highest BCUT2D eigenvalue weighted by atomic mass is 32.2. The number of hydrogen-bond acceptors (Lipinski definition) is 4. The number of thiophene rings is 2. The Bertz CT molecular complexity index is 502. The molecule has 2 heterocycles. The maximum Gasteiger partial charge on any atom is 0.0771 e. The zero-order valence-corrected chi connectivity index (χ0v) is 11.6. The van der Waals surface area contributed by atoms with Crippen LogP contribution in [0.15, 0.2) is 33.9 Å². The molecular weight excluding hydrogens is 268 g/mol. The van der Waals surface area contributed by atoms with E-state index in [-0.39, 0.29) is 6.61 Å². The van der Waals surface area contributed by atoms with E-state index in [4.69, 9.17) is 5.11 Å². The summed E-state index contributed by atoms with van der Waals surface area (Å²) in [6.45, 7) is 0.138. The predicted octanol–water partition coefficient (Wildman–Crippen LogP) is 3.84. The zero-order valence-electron chi connectivity index (χ0n) is 9.18. The molecule has 17 heavy (non-hydrogen) atoms. The smallest absolute Gasteiger partial charge is 0.0771 e. The summed E-state index contributed by atoms with van der Waals surface area (Å²) in [6, 6.07) is 8.41. The highest BCUT2D eigenvalue weighted by Crippen LogP contribution is 2.29. The van der Waals surface area contributed by atoms with Crippen LogP contribution in [0.4, 0.5) is 0 Å². The van der Waals surface area contributed by atoms with Gasteiger partial charge in [0, 0.05) is 17.1 Å². The second-order valence-electron chi connectivity index (χ2n) is 3.26. The average Bonchev–Trinajstić information content (AvgIpc) is 2.98. The lowest BCUT2D eigenvalue weighted by Crippen LogP contribution is -1.75. The first-order valence-corrected chi connectivity index (χ1v) is 7.91. The van der Waals surface area contributed by atoms with Crippen LogP contribution < -0.4 is 0 Å². The van der Waals surface area contributed by atoms with Crippen molar-refractivity contribution in [2.24, 2.45) is 0 Å². The Morgan fingerprint density at radius 2 is 2.24 bits per heavy atom. The van der Waals surface area contributed by atoms with Gasteiger partial charge < -0.3 is 5.11 Å². The second-order valence-corrected chi connectivity index (χ2v) is 6.65. The van der Waals surface area contributed by atoms with Crippen LogP contribution in [0.3, 0.4) is 0 Å². The van der Waals surface area contributed by atoms with Crippen molar-refractivity contribution in [2.45, 2.75) is 16.4 Å². The molecule has 1 nitrogen and oxygen atoms in total. The van der Waals surface area contributed by atoms with Gasteiger partial charge in [-0.05, 0) is 23.6 Å². The summed E-state index contributed by atoms with van der Waals surface area (Å²) >= 11 is 5.37. The fraction of sp³-hybridized carbons (Fsp3) is 0.231. The molecule has 0 saturated carbocycles. The molecule has 0 spiro atoms. The van der Waals surface area contributed by atoms with Gasteiger partial charge in [-0.3, -0.25) is 0 Å². The predicted molar refractivity (Wildman–Crippen MR) is 76.8 cm³/mol. The molecule has 0 bridgehead atoms. The summed E-state index contributed by atoms with van der Waals surface area (Å²) in [7, 11) is 0. The normalized spacial score (nSPS) is 9.94. The van der Waals surface area contributed by atoms with Crippen LogP contribution in [-0.4, -0.2) is 11.7 Å². The lowest BCUT2D eigenvalue weighted by Gasteiger charge is -1.93. The Balaban J connectivity index is 1.88. The molecule has 0 aliphatic carbocycles. The Hall–Kier alpha value is -0.730. The van der Waals surface area contributed by atoms with Crippen LogP contribution in [-0.2, 0) is 5.75 Å². The highest BCUT2D eigenvalue weighted by Gasteiger charge is 2.00. The summed E-state index contributed by atoms with van der Waals surface area (Å²) in [6.07, 6.45) is 0.553. The van der Waals surface area contributed by atoms with Gasteiger partial charge in [0.05, 0.1) is 15.7 Å². The number of aliphatic hydroxyl groups is 1. The third kappa shape index (κ3) is 4.21. The summed E-state index contributed by atoms with van der Waals surface area (Å²) < 4.78 is 1.35. The van der Waals surface area contributed by atoms with Crippen LogP contribution in [0.5, 0.6) is 0 Å². The topological polar surface area (TPSA) is 20.2 Å². The van der Waals surface area contributed by atoms with Crippen molar-refractivity contribution in [3.8, 4) is 11.8 Å². The van der Waals surface area contributed by atoms with E-state index in [1.807, 2.05) is 11.8 Å². The minimum atomic E-state index is 0.138. The fourth-order valence-corrected chi connectivity index (χ4v) is 3.93. The van der Waals surface area contributed by atoms with E-state index >= 15 is 0 Å². The van der Waals surface area contributed by atoms with Crippen LogP contribution in [0, 0.1) is 11.8 Å². The average molecular weight is 280 g/mol. The van der Waals surface area contributed by atoms with Gasteiger partial charge in [0.25, 0.3) is 0 Å². The monoisotopic (exact) mass is 280 g/mol. The molecule has 4 heteroatoms. The quantitative estimate of drug-likeness (QED) is 0.678. The van der Waals surface area contributed by atoms with Crippen molar-refractivity contribution < 1.29 is 5.11 Å². The van der Waals surface area contributed by atoms with E-state index in [0.29, 0.717) is 6.42 Å². The van der Waals surface area contributed by atoms with Crippen molar-refractivity contribution in [1.82, 2.24) is 0 Å². The maximum absolute atomic E-state index is 8.64.